The molecule has 0 spiro atoms. The Kier molecular flexibility index (Phi) is 5.68. The van der Waals surface area contributed by atoms with Crippen molar-refractivity contribution in [3.63, 3.8) is 0 Å². The topological polar surface area (TPSA) is 48.1 Å². The first-order valence-electron chi connectivity index (χ1n) is 6.80. The molecule has 0 radical (unpaired) electrons. The summed E-state index contributed by atoms with van der Waals surface area (Å²) >= 11 is 10.4. The van der Waals surface area contributed by atoms with E-state index in [1.54, 1.807) is 0 Å². The predicted molar refractivity (Wildman–Crippen MR) is 101 cm³/mol. The summed E-state index contributed by atoms with van der Waals surface area (Å²) in [6.07, 6.45) is 0. The van der Waals surface area contributed by atoms with Crippen molar-refractivity contribution in [1.82, 2.24) is 10.9 Å². The van der Waals surface area contributed by atoms with E-state index in [2.05, 4.69) is 27.6 Å². The fourth-order valence-electron chi connectivity index (χ4n) is 2.01. The minimum atomic E-state index is 0.441. The third kappa shape index (κ3) is 5.31. The number of thiocarbonyl (C=S) groups is 2. The monoisotopic (exact) mass is 330 g/mol. The molecule has 2 rings (SSSR count). The molecule has 0 aliphatic carbocycles. The summed E-state index contributed by atoms with van der Waals surface area (Å²) in [6, 6.07) is 15.8. The van der Waals surface area contributed by atoms with E-state index >= 15 is 0 Å². The molecule has 0 fully saturated rings. The normalized spacial score (nSPS) is 9.73. The van der Waals surface area contributed by atoms with E-state index < -0.39 is 0 Å². The average molecular weight is 330 g/mol. The van der Waals surface area contributed by atoms with Crippen LogP contribution in [0.15, 0.2) is 48.5 Å². The van der Waals surface area contributed by atoms with Crippen molar-refractivity contribution in [2.24, 2.45) is 0 Å². The van der Waals surface area contributed by atoms with Gasteiger partial charge in [0.25, 0.3) is 0 Å². The summed E-state index contributed by atoms with van der Waals surface area (Å²) in [6.45, 7) is 4.09. The molecule has 0 aliphatic rings. The standard InChI is InChI=1S/C16H18N4S2/c1-11-8-12(2)10-14(9-11)18-16(22)20-19-15(21)17-13-6-4-3-5-7-13/h3-10H,1-2H3,(H2,17,19,21)(H2,18,20,22). The molecule has 0 amide bonds. The van der Waals surface area contributed by atoms with Crippen LogP contribution in [0.3, 0.4) is 0 Å². The largest absolute Gasteiger partial charge is 0.331 e. The Hall–Kier alpha value is -2.18. The SMILES string of the molecule is Cc1cc(C)cc(NC(=S)NNC(=S)Nc2ccccc2)c1. The lowest BCUT2D eigenvalue weighted by atomic mass is 10.1. The third-order valence-electron chi connectivity index (χ3n) is 2.80. The number of hydrogen-bond donors (Lipinski definition) is 4. The maximum Gasteiger partial charge on any atom is 0.189 e. The highest BCUT2D eigenvalue weighted by molar-refractivity contribution is 7.81. The van der Waals surface area contributed by atoms with Crippen LogP contribution in [0.4, 0.5) is 11.4 Å². The zero-order valence-corrected chi connectivity index (χ0v) is 14.1. The lowest BCUT2D eigenvalue weighted by molar-refractivity contribution is 0.885. The van der Waals surface area contributed by atoms with Crippen LogP contribution in [-0.2, 0) is 0 Å². The van der Waals surface area contributed by atoms with Crippen LogP contribution < -0.4 is 21.5 Å². The summed E-state index contributed by atoms with van der Waals surface area (Å²) in [7, 11) is 0. The number of anilines is 2. The first kappa shape index (κ1) is 16.2. The minimum Gasteiger partial charge on any atom is -0.331 e. The first-order valence-corrected chi connectivity index (χ1v) is 7.62. The van der Waals surface area contributed by atoms with E-state index in [0.29, 0.717) is 10.2 Å². The van der Waals surface area contributed by atoms with Gasteiger partial charge in [-0.05, 0) is 73.7 Å². The number of para-hydroxylation sites is 1. The minimum absolute atomic E-state index is 0.441. The molecule has 0 atom stereocenters. The second-order valence-electron chi connectivity index (χ2n) is 4.90. The zero-order valence-electron chi connectivity index (χ0n) is 12.4. The van der Waals surface area contributed by atoms with Gasteiger partial charge < -0.3 is 10.6 Å². The zero-order chi connectivity index (χ0) is 15.9. The van der Waals surface area contributed by atoms with Gasteiger partial charge in [0.2, 0.25) is 0 Å². The van der Waals surface area contributed by atoms with Gasteiger partial charge >= 0.3 is 0 Å². The molecule has 0 unspecified atom stereocenters. The average Bonchev–Trinajstić information content (AvgIpc) is 2.45. The smallest absolute Gasteiger partial charge is 0.189 e. The highest BCUT2D eigenvalue weighted by atomic mass is 32.1. The Morgan fingerprint density at radius 3 is 1.77 bits per heavy atom. The number of nitrogens with one attached hydrogen (secondary N) is 4. The van der Waals surface area contributed by atoms with E-state index in [1.165, 1.54) is 11.1 Å². The third-order valence-corrected chi connectivity index (χ3v) is 3.21. The maximum absolute atomic E-state index is 5.23. The molecule has 6 heteroatoms. The van der Waals surface area contributed by atoms with E-state index in [0.717, 1.165) is 11.4 Å². The summed E-state index contributed by atoms with van der Waals surface area (Å²) in [5.74, 6) is 0. The van der Waals surface area contributed by atoms with Crippen molar-refractivity contribution in [2.45, 2.75) is 13.8 Å². The summed E-state index contributed by atoms with van der Waals surface area (Å²) in [4.78, 5) is 0. The molecule has 0 bridgehead atoms. The molecular formula is C16H18N4S2. The van der Waals surface area contributed by atoms with E-state index in [4.69, 9.17) is 24.4 Å². The fraction of sp³-hybridized carbons (Fsp3) is 0.125. The van der Waals surface area contributed by atoms with Crippen molar-refractivity contribution in [3.05, 3.63) is 59.7 Å². The van der Waals surface area contributed by atoms with Crippen molar-refractivity contribution >= 4 is 46.0 Å². The molecule has 0 aliphatic heterocycles. The lowest BCUT2D eigenvalue weighted by Crippen LogP contribution is -2.45. The first-order chi connectivity index (χ1) is 10.5. The molecule has 4 nitrogen and oxygen atoms in total. The van der Waals surface area contributed by atoms with Gasteiger partial charge in [-0.15, -0.1) is 0 Å². The van der Waals surface area contributed by atoms with Crippen LogP contribution in [0.2, 0.25) is 0 Å². The molecule has 114 valence electrons. The van der Waals surface area contributed by atoms with Crippen molar-refractivity contribution in [1.29, 1.82) is 0 Å². The van der Waals surface area contributed by atoms with Crippen LogP contribution in [0, 0.1) is 13.8 Å². The van der Waals surface area contributed by atoms with Gasteiger partial charge in [0.15, 0.2) is 10.2 Å². The van der Waals surface area contributed by atoms with Gasteiger partial charge in [-0.3, -0.25) is 10.9 Å². The van der Waals surface area contributed by atoms with Crippen LogP contribution in [0.25, 0.3) is 0 Å². The van der Waals surface area contributed by atoms with Gasteiger partial charge in [-0.25, -0.2) is 0 Å². The Labute approximate surface area is 141 Å². The number of hydrogen-bond acceptors (Lipinski definition) is 2. The van der Waals surface area contributed by atoms with Gasteiger partial charge in [0.05, 0.1) is 0 Å². The molecule has 0 heterocycles. The fourth-order valence-corrected chi connectivity index (χ4v) is 2.34. The lowest BCUT2D eigenvalue weighted by Gasteiger charge is -2.15. The summed E-state index contributed by atoms with van der Waals surface area (Å²) in [5.41, 5.74) is 9.92. The predicted octanol–water partition coefficient (Wildman–Crippen LogP) is 3.49. The van der Waals surface area contributed by atoms with Crippen LogP contribution in [0.1, 0.15) is 11.1 Å². The van der Waals surface area contributed by atoms with Crippen molar-refractivity contribution in [3.8, 4) is 0 Å². The van der Waals surface area contributed by atoms with Crippen molar-refractivity contribution in [2.75, 3.05) is 10.6 Å². The number of aryl methyl sites for hydroxylation is 2. The molecule has 2 aromatic carbocycles. The summed E-state index contributed by atoms with van der Waals surface area (Å²) in [5, 5.41) is 7.05. The van der Waals surface area contributed by atoms with Crippen LogP contribution in [-0.4, -0.2) is 10.2 Å². The molecule has 0 aromatic heterocycles. The van der Waals surface area contributed by atoms with E-state index in [1.807, 2.05) is 56.3 Å². The van der Waals surface area contributed by atoms with Gasteiger partial charge in [0, 0.05) is 11.4 Å². The maximum atomic E-state index is 5.23. The molecule has 0 saturated heterocycles. The van der Waals surface area contributed by atoms with Gasteiger partial charge in [-0.2, -0.15) is 0 Å². The van der Waals surface area contributed by atoms with Crippen LogP contribution >= 0.6 is 24.4 Å². The highest BCUT2D eigenvalue weighted by Crippen LogP contribution is 2.13. The Morgan fingerprint density at radius 2 is 1.23 bits per heavy atom. The number of benzene rings is 2. The highest BCUT2D eigenvalue weighted by Gasteiger charge is 2.01. The van der Waals surface area contributed by atoms with Gasteiger partial charge in [0.1, 0.15) is 0 Å². The molecule has 2 aromatic rings. The molecule has 0 saturated carbocycles. The van der Waals surface area contributed by atoms with E-state index in [-0.39, 0.29) is 0 Å². The summed E-state index contributed by atoms with van der Waals surface area (Å²) < 4.78 is 0. The Morgan fingerprint density at radius 1 is 0.727 bits per heavy atom. The second-order valence-corrected chi connectivity index (χ2v) is 5.72. The number of rotatable bonds is 2. The molecule has 4 N–H and O–H groups in total. The van der Waals surface area contributed by atoms with Crippen LogP contribution in [0.5, 0.6) is 0 Å². The molecule has 22 heavy (non-hydrogen) atoms. The molecular weight excluding hydrogens is 312 g/mol. The Balaban J connectivity index is 1.81. The van der Waals surface area contributed by atoms with Crippen molar-refractivity contribution < 1.29 is 0 Å². The second kappa shape index (κ2) is 7.72. The quantitative estimate of drug-likeness (QED) is 0.499. The Bertz CT molecular complexity index is 651. The van der Waals surface area contributed by atoms with Gasteiger partial charge in [-0.1, -0.05) is 24.3 Å². The number of hydrazine groups is 1. The van der Waals surface area contributed by atoms with E-state index in [9.17, 15) is 0 Å².